The molecule has 0 saturated carbocycles. The van der Waals surface area contributed by atoms with E-state index in [-0.39, 0.29) is 12.2 Å². The molecule has 0 aromatic rings. The number of rotatable bonds is 2. The Morgan fingerprint density at radius 2 is 2.21 bits per heavy atom. The number of carbonyl (C=O) groups is 1. The van der Waals surface area contributed by atoms with E-state index in [1.54, 1.807) is 6.08 Å². The minimum Gasteiger partial charge on any atom is -0.509 e. The highest BCUT2D eigenvalue weighted by molar-refractivity contribution is 5.80. The molecular weight excluding hydrogens is 184 g/mol. The Hall–Kier alpha value is -1.55. The summed E-state index contributed by atoms with van der Waals surface area (Å²) in [7, 11) is 0. The quantitative estimate of drug-likeness (QED) is 0.579. The number of hydrogen-bond acceptors (Lipinski definition) is 3. The Kier molecular flexibility index (Phi) is 2.76. The summed E-state index contributed by atoms with van der Waals surface area (Å²) in [5.74, 6) is -1.14. The van der Waals surface area contributed by atoms with E-state index in [2.05, 4.69) is 0 Å². The Morgan fingerprint density at radius 1 is 1.57 bits per heavy atom. The van der Waals surface area contributed by atoms with Crippen LogP contribution in [-0.2, 0) is 4.79 Å². The van der Waals surface area contributed by atoms with Gasteiger partial charge in [0.1, 0.15) is 11.4 Å². The number of aliphatic hydroxyl groups is 2. The third kappa shape index (κ3) is 2.47. The zero-order valence-corrected chi connectivity index (χ0v) is 7.77. The number of aliphatic hydroxyl groups excluding tert-OH is 1. The number of aliphatic carboxylic acids is 1. The maximum atomic E-state index is 10.2. The minimum absolute atomic E-state index is 0.107. The second-order valence-electron chi connectivity index (χ2n) is 3.42. The van der Waals surface area contributed by atoms with Gasteiger partial charge in [-0.05, 0) is 18.6 Å². The molecule has 1 unspecified atom stereocenters. The second-order valence-corrected chi connectivity index (χ2v) is 3.42. The molecule has 0 spiro atoms. The predicted octanol–water partition coefficient (Wildman–Crippen LogP) is 1.15. The van der Waals surface area contributed by atoms with Gasteiger partial charge >= 0.3 is 5.97 Å². The largest absolute Gasteiger partial charge is 0.509 e. The number of carboxylic acids is 1. The fourth-order valence-electron chi connectivity index (χ4n) is 1.21. The molecule has 14 heavy (non-hydrogen) atoms. The van der Waals surface area contributed by atoms with E-state index in [0.29, 0.717) is 5.57 Å². The summed E-state index contributed by atoms with van der Waals surface area (Å²) in [6.07, 6.45) is 5.55. The van der Waals surface area contributed by atoms with Crippen LogP contribution in [-0.4, -0.2) is 26.9 Å². The molecule has 0 radical (unpaired) electrons. The SMILES string of the molecule is CC1(O)CC(/C=C/C(=O)O)=CC=C1O. The fraction of sp³-hybridized carbons (Fsp3) is 0.300. The van der Waals surface area contributed by atoms with E-state index in [4.69, 9.17) is 5.11 Å². The molecule has 0 aromatic heterocycles. The maximum Gasteiger partial charge on any atom is 0.328 e. The first kappa shape index (κ1) is 10.5. The van der Waals surface area contributed by atoms with Crippen LogP contribution in [0.1, 0.15) is 13.3 Å². The first-order valence-electron chi connectivity index (χ1n) is 4.15. The molecule has 0 saturated heterocycles. The molecule has 1 aliphatic carbocycles. The van der Waals surface area contributed by atoms with Crippen molar-refractivity contribution < 1.29 is 20.1 Å². The summed E-state index contributed by atoms with van der Waals surface area (Å²) in [5, 5.41) is 27.3. The Morgan fingerprint density at radius 3 is 2.71 bits per heavy atom. The molecule has 0 heterocycles. The third-order valence-electron chi connectivity index (χ3n) is 2.00. The van der Waals surface area contributed by atoms with Gasteiger partial charge in [0.15, 0.2) is 0 Å². The highest BCUT2D eigenvalue weighted by Crippen LogP contribution is 2.27. The van der Waals surface area contributed by atoms with Crippen molar-refractivity contribution in [3.63, 3.8) is 0 Å². The van der Waals surface area contributed by atoms with Crippen molar-refractivity contribution in [2.24, 2.45) is 0 Å². The van der Waals surface area contributed by atoms with Crippen molar-refractivity contribution in [3.05, 3.63) is 35.6 Å². The van der Waals surface area contributed by atoms with Crippen molar-refractivity contribution >= 4 is 5.97 Å². The highest BCUT2D eigenvalue weighted by atomic mass is 16.4. The van der Waals surface area contributed by atoms with Crippen LogP contribution in [0.5, 0.6) is 0 Å². The maximum absolute atomic E-state index is 10.2. The van der Waals surface area contributed by atoms with Gasteiger partial charge < -0.3 is 15.3 Å². The number of allylic oxidation sites excluding steroid dienone is 3. The molecule has 0 aromatic carbocycles. The topological polar surface area (TPSA) is 77.8 Å². The molecule has 0 aliphatic heterocycles. The fourth-order valence-corrected chi connectivity index (χ4v) is 1.21. The van der Waals surface area contributed by atoms with Crippen LogP contribution < -0.4 is 0 Å². The Bertz CT molecular complexity index is 334. The molecule has 76 valence electrons. The zero-order valence-electron chi connectivity index (χ0n) is 7.77. The molecule has 1 rings (SSSR count). The molecule has 1 aliphatic rings. The first-order valence-corrected chi connectivity index (χ1v) is 4.15. The Labute approximate surface area is 81.5 Å². The standard InChI is InChI=1S/C10H12O4/c1-10(14)6-7(2-4-8(10)11)3-5-9(12)13/h2-5,11,14H,6H2,1H3,(H,12,13)/b5-3+. The molecular formula is C10H12O4. The van der Waals surface area contributed by atoms with Gasteiger partial charge in [0.05, 0.1) is 0 Å². The smallest absolute Gasteiger partial charge is 0.328 e. The lowest BCUT2D eigenvalue weighted by Crippen LogP contribution is -2.29. The van der Waals surface area contributed by atoms with E-state index < -0.39 is 11.6 Å². The van der Waals surface area contributed by atoms with Gasteiger partial charge in [0.25, 0.3) is 0 Å². The monoisotopic (exact) mass is 196 g/mol. The summed E-state index contributed by atoms with van der Waals surface area (Å²) < 4.78 is 0. The molecule has 0 fully saturated rings. The van der Waals surface area contributed by atoms with E-state index in [0.717, 1.165) is 6.08 Å². The average molecular weight is 196 g/mol. The van der Waals surface area contributed by atoms with Gasteiger partial charge in [0, 0.05) is 12.5 Å². The van der Waals surface area contributed by atoms with Gasteiger partial charge in [-0.15, -0.1) is 0 Å². The Balaban J connectivity index is 2.81. The highest BCUT2D eigenvalue weighted by Gasteiger charge is 2.28. The number of carboxylic acid groups (broad SMARTS) is 1. The minimum atomic E-state index is -1.30. The van der Waals surface area contributed by atoms with Gasteiger partial charge in [-0.3, -0.25) is 0 Å². The molecule has 1 atom stereocenters. The van der Waals surface area contributed by atoms with Gasteiger partial charge in [-0.25, -0.2) is 4.79 Å². The molecule has 4 heteroatoms. The van der Waals surface area contributed by atoms with Gasteiger partial charge in [-0.1, -0.05) is 12.2 Å². The van der Waals surface area contributed by atoms with Crippen molar-refractivity contribution in [2.75, 3.05) is 0 Å². The van der Waals surface area contributed by atoms with Crippen LogP contribution in [0.3, 0.4) is 0 Å². The van der Waals surface area contributed by atoms with Crippen LogP contribution in [0.15, 0.2) is 35.6 Å². The van der Waals surface area contributed by atoms with Gasteiger partial charge in [0.2, 0.25) is 0 Å². The van der Waals surface area contributed by atoms with Crippen LogP contribution in [0.25, 0.3) is 0 Å². The third-order valence-corrected chi connectivity index (χ3v) is 2.00. The summed E-state index contributed by atoms with van der Waals surface area (Å²) in [5.41, 5.74) is -0.636. The number of hydrogen-bond donors (Lipinski definition) is 3. The second kappa shape index (κ2) is 3.67. The van der Waals surface area contributed by atoms with E-state index in [1.807, 2.05) is 0 Å². The van der Waals surface area contributed by atoms with Crippen molar-refractivity contribution in [3.8, 4) is 0 Å². The first-order chi connectivity index (χ1) is 6.42. The lowest BCUT2D eigenvalue weighted by Gasteiger charge is -2.25. The van der Waals surface area contributed by atoms with Crippen LogP contribution in [0, 0.1) is 0 Å². The molecule has 4 nitrogen and oxygen atoms in total. The van der Waals surface area contributed by atoms with E-state index in [1.165, 1.54) is 19.1 Å². The summed E-state index contributed by atoms with van der Waals surface area (Å²) in [6, 6.07) is 0. The summed E-state index contributed by atoms with van der Waals surface area (Å²) in [4.78, 5) is 10.2. The summed E-state index contributed by atoms with van der Waals surface area (Å²) in [6.45, 7) is 1.47. The van der Waals surface area contributed by atoms with Crippen molar-refractivity contribution in [1.29, 1.82) is 0 Å². The molecule has 0 bridgehead atoms. The molecule has 3 N–H and O–H groups in total. The average Bonchev–Trinajstić information content (AvgIpc) is 2.07. The summed E-state index contributed by atoms with van der Waals surface area (Å²) >= 11 is 0. The van der Waals surface area contributed by atoms with Crippen molar-refractivity contribution in [2.45, 2.75) is 18.9 Å². The zero-order chi connectivity index (χ0) is 10.8. The van der Waals surface area contributed by atoms with E-state index in [9.17, 15) is 15.0 Å². The van der Waals surface area contributed by atoms with E-state index >= 15 is 0 Å². The van der Waals surface area contributed by atoms with Crippen LogP contribution >= 0.6 is 0 Å². The predicted molar refractivity (Wildman–Crippen MR) is 50.8 cm³/mol. The van der Waals surface area contributed by atoms with Crippen LogP contribution in [0.2, 0.25) is 0 Å². The van der Waals surface area contributed by atoms with Gasteiger partial charge in [-0.2, -0.15) is 0 Å². The van der Waals surface area contributed by atoms with Crippen molar-refractivity contribution in [1.82, 2.24) is 0 Å². The lowest BCUT2D eigenvalue weighted by atomic mass is 9.89. The lowest BCUT2D eigenvalue weighted by molar-refractivity contribution is -0.131. The molecule has 0 amide bonds. The normalized spacial score (nSPS) is 27.3. The van der Waals surface area contributed by atoms with Crippen LogP contribution in [0.4, 0.5) is 0 Å².